The van der Waals surface area contributed by atoms with Crippen LogP contribution in [0.3, 0.4) is 0 Å². The van der Waals surface area contributed by atoms with Crippen molar-refractivity contribution in [3.63, 3.8) is 0 Å². The van der Waals surface area contributed by atoms with E-state index in [1.807, 2.05) is 6.07 Å². The van der Waals surface area contributed by atoms with Crippen molar-refractivity contribution in [3.8, 4) is 11.8 Å². The molecule has 1 aromatic carbocycles. The van der Waals surface area contributed by atoms with E-state index in [1.165, 1.54) is 0 Å². The number of rotatable bonds is 7. The molecule has 0 atom stereocenters. The molecule has 0 unspecified atom stereocenters. The minimum Gasteiger partial charge on any atom is -0.491 e. The summed E-state index contributed by atoms with van der Waals surface area (Å²) in [6.07, 6.45) is 0. The highest BCUT2D eigenvalue weighted by atomic mass is 16.5. The number of hydrogen-bond acceptors (Lipinski definition) is 5. The van der Waals surface area contributed by atoms with Crippen LogP contribution in [-0.2, 0) is 9.53 Å². The molecule has 0 aliphatic rings. The number of nitrogens with one attached hydrogen (secondary N) is 1. The molecule has 0 spiro atoms. The van der Waals surface area contributed by atoms with Crippen LogP contribution in [0.2, 0.25) is 0 Å². The second-order valence-corrected chi connectivity index (χ2v) is 5.25. The molecule has 0 bridgehead atoms. The van der Waals surface area contributed by atoms with Crippen LogP contribution >= 0.6 is 0 Å². The first-order chi connectivity index (χ1) is 9.92. The zero-order chi connectivity index (χ0) is 15.9. The van der Waals surface area contributed by atoms with Crippen LogP contribution in [-0.4, -0.2) is 32.8 Å². The molecule has 6 heteroatoms. The monoisotopic (exact) mass is 291 g/mol. The van der Waals surface area contributed by atoms with Gasteiger partial charge in [-0.3, -0.25) is 4.79 Å². The van der Waals surface area contributed by atoms with Gasteiger partial charge in [0.25, 0.3) is 0 Å². The summed E-state index contributed by atoms with van der Waals surface area (Å²) < 4.78 is 10.5. The van der Waals surface area contributed by atoms with Gasteiger partial charge in [-0.25, -0.2) is 0 Å². The first kappa shape index (κ1) is 16.8. The zero-order valence-corrected chi connectivity index (χ0v) is 12.6. The average Bonchev–Trinajstić information content (AvgIpc) is 2.45. The molecule has 0 aliphatic carbocycles. The van der Waals surface area contributed by atoms with Crippen molar-refractivity contribution in [3.05, 3.63) is 23.8 Å². The average molecular weight is 291 g/mol. The summed E-state index contributed by atoms with van der Waals surface area (Å²) in [5.41, 5.74) is 5.63. The standard InChI is InChI=1S/C15H21N3O3/c1-15(2,14(19)18-7-8-20-3)10-21-13-6-4-5-12(17)11(13)9-16/h4-6H,7-8,10,17H2,1-3H3,(H,18,19). The fourth-order valence-corrected chi connectivity index (χ4v) is 1.62. The molecule has 0 aliphatic heterocycles. The number of amides is 1. The Kier molecular flexibility index (Phi) is 6.00. The van der Waals surface area contributed by atoms with E-state index in [9.17, 15) is 4.79 Å². The lowest BCUT2D eigenvalue weighted by atomic mass is 9.93. The Labute approximate surface area is 124 Å². The Morgan fingerprint density at radius 2 is 2.19 bits per heavy atom. The van der Waals surface area contributed by atoms with Crippen LogP contribution in [0.1, 0.15) is 19.4 Å². The maximum Gasteiger partial charge on any atom is 0.229 e. The molecule has 114 valence electrons. The summed E-state index contributed by atoms with van der Waals surface area (Å²) in [6, 6.07) is 7.00. The molecule has 3 N–H and O–H groups in total. The molecule has 21 heavy (non-hydrogen) atoms. The second kappa shape index (κ2) is 7.50. The molecule has 0 fully saturated rings. The summed E-state index contributed by atoms with van der Waals surface area (Å²) in [5.74, 6) is 0.247. The van der Waals surface area contributed by atoms with Gasteiger partial charge in [-0.05, 0) is 26.0 Å². The lowest BCUT2D eigenvalue weighted by molar-refractivity contribution is -0.131. The minimum atomic E-state index is -0.731. The minimum absolute atomic E-state index is 0.137. The molecule has 0 radical (unpaired) electrons. The largest absolute Gasteiger partial charge is 0.491 e. The number of benzene rings is 1. The Hall–Kier alpha value is -2.26. The summed E-state index contributed by atoms with van der Waals surface area (Å²) in [5, 5.41) is 11.8. The Morgan fingerprint density at radius 3 is 2.81 bits per heavy atom. The number of nitrogens with zero attached hydrogens (tertiary/aromatic N) is 1. The van der Waals surface area contributed by atoms with Crippen LogP contribution in [0.5, 0.6) is 5.75 Å². The number of ether oxygens (including phenoxy) is 2. The van der Waals surface area contributed by atoms with E-state index in [-0.39, 0.29) is 18.1 Å². The van der Waals surface area contributed by atoms with Gasteiger partial charge in [-0.15, -0.1) is 0 Å². The fraction of sp³-hybridized carbons (Fsp3) is 0.467. The van der Waals surface area contributed by atoms with Crippen molar-refractivity contribution in [2.75, 3.05) is 32.6 Å². The van der Waals surface area contributed by atoms with E-state index in [0.29, 0.717) is 24.6 Å². The third-order valence-corrected chi connectivity index (χ3v) is 2.97. The molecule has 1 aromatic rings. The second-order valence-electron chi connectivity index (χ2n) is 5.25. The van der Waals surface area contributed by atoms with Crippen molar-refractivity contribution >= 4 is 11.6 Å². The molecule has 0 heterocycles. The van der Waals surface area contributed by atoms with Crippen LogP contribution in [0.4, 0.5) is 5.69 Å². The number of hydrogen-bond donors (Lipinski definition) is 2. The number of carbonyl (C=O) groups excluding carboxylic acids is 1. The molecular weight excluding hydrogens is 270 g/mol. The maximum atomic E-state index is 12.0. The number of anilines is 1. The Bertz CT molecular complexity index is 535. The van der Waals surface area contributed by atoms with Crippen LogP contribution in [0, 0.1) is 16.7 Å². The zero-order valence-electron chi connectivity index (χ0n) is 12.6. The van der Waals surface area contributed by atoms with Gasteiger partial charge >= 0.3 is 0 Å². The number of methoxy groups -OCH3 is 1. The summed E-state index contributed by atoms with van der Waals surface area (Å²) in [4.78, 5) is 12.0. The van der Waals surface area contributed by atoms with Crippen LogP contribution in [0.15, 0.2) is 18.2 Å². The number of carbonyl (C=O) groups is 1. The highest BCUT2D eigenvalue weighted by Crippen LogP contribution is 2.25. The first-order valence-electron chi connectivity index (χ1n) is 6.61. The van der Waals surface area contributed by atoms with Crippen molar-refractivity contribution in [1.82, 2.24) is 5.32 Å². The molecule has 1 amide bonds. The predicted molar refractivity (Wildman–Crippen MR) is 79.7 cm³/mol. The van der Waals surface area contributed by atoms with E-state index in [1.54, 1.807) is 39.2 Å². The fourth-order valence-electron chi connectivity index (χ4n) is 1.62. The quantitative estimate of drug-likeness (QED) is 0.583. The Morgan fingerprint density at radius 1 is 1.48 bits per heavy atom. The summed E-state index contributed by atoms with van der Waals surface area (Å²) in [6.45, 7) is 4.59. The van der Waals surface area contributed by atoms with Gasteiger partial charge in [-0.1, -0.05) is 6.07 Å². The normalized spacial score (nSPS) is 10.8. The van der Waals surface area contributed by atoms with E-state index in [2.05, 4.69) is 5.32 Å². The molecule has 0 saturated carbocycles. The predicted octanol–water partition coefficient (Wildman–Crippen LogP) is 1.31. The van der Waals surface area contributed by atoms with Gasteiger partial charge in [0.05, 0.1) is 17.7 Å². The molecular formula is C15H21N3O3. The topological polar surface area (TPSA) is 97.4 Å². The van der Waals surface area contributed by atoms with Gasteiger partial charge < -0.3 is 20.5 Å². The van der Waals surface area contributed by atoms with Crippen molar-refractivity contribution < 1.29 is 14.3 Å². The summed E-state index contributed by atoms with van der Waals surface area (Å²) >= 11 is 0. The van der Waals surface area contributed by atoms with Gasteiger partial charge in [0.15, 0.2) is 0 Å². The van der Waals surface area contributed by atoms with Crippen molar-refractivity contribution in [1.29, 1.82) is 5.26 Å². The number of nitrogen functional groups attached to an aromatic ring is 1. The van der Waals surface area contributed by atoms with E-state index in [0.717, 1.165) is 0 Å². The van der Waals surface area contributed by atoms with Gasteiger partial charge in [0.1, 0.15) is 24.0 Å². The molecule has 6 nitrogen and oxygen atoms in total. The number of nitriles is 1. The van der Waals surface area contributed by atoms with Gasteiger partial charge in [-0.2, -0.15) is 5.26 Å². The van der Waals surface area contributed by atoms with Crippen LogP contribution in [0.25, 0.3) is 0 Å². The van der Waals surface area contributed by atoms with E-state index >= 15 is 0 Å². The first-order valence-corrected chi connectivity index (χ1v) is 6.61. The molecule has 1 rings (SSSR count). The number of nitrogens with two attached hydrogens (primary N) is 1. The maximum absolute atomic E-state index is 12.0. The third kappa shape index (κ3) is 4.65. The SMILES string of the molecule is COCCNC(=O)C(C)(C)COc1cccc(N)c1C#N. The smallest absolute Gasteiger partial charge is 0.229 e. The molecule has 0 aromatic heterocycles. The molecule has 0 saturated heterocycles. The van der Waals surface area contributed by atoms with E-state index < -0.39 is 5.41 Å². The van der Waals surface area contributed by atoms with Crippen LogP contribution < -0.4 is 15.8 Å². The lowest BCUT2D eigenvalue weighted by Crippen LogP contribution is -2.42. The van der Waals surface area contributed by atoms with Gasteiger partial charge in [0.2, 0.25) is 5.91 Å². The summed E-state index contributed by atoms with van der Waals surface area (Å²) in [7, 11) is 1.57. The Balaban J connectivity index is 2.67. The lowest BCUT2D eigenvalue weighted by Gasteiger charge is -2.24. The highest BCUT2D eigenvalue weighted by Gasteiger charge is 2.28. The van der Waals surface area contributed by atoms with Crippen molar-refractivity contribution in [2.24, 2.45) is 5.41 Å². The third-order valence-electron chi connectivity index (χ3n) is 2.97. The van der Waals surface area contributed by atoms with Gasteiger partial charge in [0, 0.05) is 13.7 Å². The van der Waals surface area contributed by atoms with E-state index in [4.69, 9.17) is 20.5 Å². The van der Waals surface area contributed by atoms with Crippen molar-refractivity contribution in [2.45, 2.75) is 13.8 Å². The highest BCUT2D eigenvalue weighted by molar-refractivity contribution is 5.82.